The average Bonchev–Trinajstić information content (AvgIpc) is 2.85. The average molecular weight is 275 g/mol. The Morgan fingerprint density at radius 2 is 1.95 bits per heavy atom. The minimum absolute atomic E-state index is 0.523. The number of carbonyl (C=O) groups is 1. The second-order valence-corrected chi connectivity index (χ2v) is 5.74. The summed E-state index contributed by atoms with van der Waals surface area (Å²) in [6.45, 7) is 4.31. The lowest BCUT2D eigenvalue weighted by atomic mass is 10.1. The van der Waals surface area contributed by atoms with Gasteiger partial charge in [-0.25, -0.2) is 0 Å². The first kappa shape index (κ1) is 13.8. The molecule has 19 heavy (non-hydrogen) atoms. The second kappa shape index (κ2) is 5.99. The van der Waals surface area contributed by atoms with E-state index in [1.807, 2.05) is 6.07 Å². The molecular formula is C15H17NO2S. The van der Waals surface area contributed by atoms with Gasteiger partial charge in [0.05, 0.1) is 0 Å². The molecule has 3 nitrogen and oxygen atoms in total. The maximum absolute atomic E-state index is 10.7. The molecule has 0 saturated heterocycles. The van der Waals surface area contributed by atoms with Crippen LogP contribution in [0.25, 0.3) is 10.4 Å². The summed E-state index contributed by atoms with van der Waals surface area (Å²) in [6.07, 6.45) is 0. The Hall–Kier alpha value is -1.65. The number of aryl methyl sites for hydroxylation is 1. The van der Waals surface area contributed by atoms with Crippen molar-refractivity contribution in [3.05, 3.63) is 46.8 Å². The Bertz CT molecular complexity index is 560. The molecule has 2 N–H and O–H groups in total. The minimum Gasteiger partial charge on any atom is -0.480 e. The molecule has 0 radical (unpaired) electrons. The molecule has 0 unspecified atom stereocenters. The molecule has 2 rings (SSSR count). The summed E-state index contributed by atoms with van der Waals surface area (Å²) in [5.74, 6) is -0.824. The zero-order valence-electron chi connectivity index (χ0n) is 11.0. The topological polar surface area (TPSA) is 49.3 Å². The number of aliphatic carboxylic acids is 1. The van der Waals surface area contributed by atoms with Gasteiger partial charge in [-0.05, 0) is 31.5 Å². The fourth-order valence-electron chi connectivity index (χ4n) is 1.69. The van der Waals surface area contributed by atoms with E-state index in [0.717, 1.165) is 4.88 Å². The number of thiophene rings is 1. The molecular weight excluding hydrogens is 258 g/mol. The number of benzene rings is 1. The fourth-order valence-corrected chi connectivity index (χ4v) is 2.65. The van der Waals surface area contributed by atoms with E-state index >= 15 is 0 Å². The lowest BCUT2D eigenvalue weighted by Crippen LogP contribution is -2.32. The number of carboxylic acids is 1. The number of nitrogens with one attached hydrogen (secondary N) is 1. The number of rotatable bonds is 5. The predicted octanol–water partition coefficient (Wildman–Crippen LogP) is 3.29. The van der Waals surface area contributed by atoms with Crippen LogP contribution >= 0.6 is 11.3 Å². The summed E-state index contributed by atoms with van der Waals surface area (Å²) in [5, 5.41) is 11.8. The van der Waals surface area contributed by atoms with Crippen molar-refractivity contribution in [2.24, 2.45) is 0 Å². The van der Waals surface area contributed by atoms with E-state index in [9.17, 15) is 4.79 Å². The van der Waals surface area contributed by atoms with E-state index in [4.69, 9.17) is 5.11 Å². The molecule has 2 aromatic rings. The van der Waals surface area contributed by atoms with E-state index in [-0.39, 0.29) is 0 Å². The Kier molecular flexibility index (Phi) is 4.35. The van der Waals surface area contributed by atoms with Crippen LogP contribution < -0.4 is 5.32 Å². The molecule has 1 heterocycles. The first-order valence-electron chi connectivity index (χ1n) is 6.18. The molecule has 0 aliphatic carbocycles. The summed E-state index contributed by atoms with van der Waals surface area (Å²) in [4.78, 5) is 13.1. The van der Waals surface area contributed by atoms with Crippen molar-refractivity contribution in [1.29, 1.82) is 0 Å². The minimum atomic E-state index is -0.824. The smallest absolute Gasteiger partial charge is 0.320 e. The highest BCUT2D eigenvalue weighted by atomic mass is 32.1. The maximum atomic E-state index is 10.7. The highest BCUT2D eigenvalue weighted by Crippen LogP contribution is 2.28. The molecule has 100 valence electrons. The Balaban J connectivity index is 2.03. The van der Waals surface area contributed by atoms with Crippen LogP contribution in [0.1, 0.15) is 17.4 Å². The highest BCUT2D eigenvalue weighted by Gasteiger charge is 2.10. The van der Waals surface area contributed by atoms with E-state index in [1.165, 1.54) is 16.0 Å². The van der Waals surface area contributed by atoms with E-state index in [1.54, 1.807) is 18.3 Å². The van der Waals surface area contributed by atoms with Gasteiger partial charge < -0.3 is 5.11 Å². The maximum Gasteiger partial charge on any atom is 0.320 e. The van der Waals surface area contributed by atoms with Gasteiger partial charge in [-0.15, -0.1) is 11.3 Å². The van der Waals surface area contributed by atoms with Crippen molar-refractivity contribution in [2.75, 3.05) is 0 Å². The molecule has 0 amide bonds. The van der Waals surface area contributed by atoms with E-state index in [0.29, 0.717) is 6.54 Å². The monoisotopic (exact) mass is 275 g/mol. The summed E-state index contributed by atoms with van der Waals surface area (Å²) in [7, 11) is 0. The molecule has 1 aromatic carbocycles. The molecule has 1 aromatic heterocycles. The molecule has 0 bridgehead atoms. The summed E-state index contributed by atoms with van der Waals surface area (Å²) in [6, 6.07) is 12.0. The molecule has 0 spiro atoms. The lowest BCUT2D eigenvalue weighted by Gasteiger charge is -2.06. The largest absolute Gasteiger partial charge is 0.480 e. The van der Waals surface area contributed by atoms with Crippen molar-refractivity contribution in [3.8, 4) is 10.4 Å². The molecule has 0 saturated carbocycles. The quantitative estimate of drug-likeness (QED) is 0.880. The highest BCUT2D eigenvalue weighted by molar-refractivity contribution is 7.15. The fraction of sp³-hybridized carbons (Fsp3) is 0.267. The van der Waals surface area contributed by atoms with Gasteiger partial charge in [0.15, 0.2) is 0 Å². The van der Waals surface area contributed by atoms with Gasteiger partial charge in [-0.3, -0.25) is 10.1 Å². The van der Waals surface area contributed by atoms with Gasteiger partial charge in [-0.1, -0.05) is 29.8 Å². The molecule has 0 aliphatic rings. The van der Waals surface area contributed by atoms with Crippen LogP contribution in [0.15, 0.2) is 36.4 Å². The van der Waals surface area contributed by atoms with Crippen LogP contribution in [0.2, 0.25) is 0 Å². The van der Waals surface area contributed by atoms with Crippen molar-refractivity contribution in [2.45, 2.75) is 26.4 Å². The van der Waals surface area contributed by atoms with Gasteiger partial charge in [0.25, 0.3) is 0 Å². The zero-order valence-corrected chi connectivity index (χ0v) is 11.8. The molecule has 4 heteroatoms. The third-order valence-corrected chi connectivity index (χ3v) is 4.08. The van der Waals surface area contributed by atoms with Crippen LogP contribution in [0.3, 0.4) is 0 Å². The Morgan fingerprint density at radius 1 is 1.26 bits per heavy atom. The third kappa shape index (κ3) is 3.66. The lowest BCUT2D eigenvalue weighted by molar-refractivity contribution is -0.139. The van der Waals surface area contributed by atoms with Crippen LogP contribution in [0.4, 0.5) is 0 Å². The van der Waals surface area contributed by atoms with Crippen LogP contribution in [-0.2, 0) is 11.3 Å². The Labute approximate surface area is 116 Å². The van der Waals surface area contributed by atoms with Crippen LogP contribution in [0, 0.1) is 6.92 Å². The number of carboxylic acid groups (broad SMARTS) is 1. The van der Waals surface area contributed by atoms with Gasteiger partial charge in [-0.2, -0.15) is 0 Å². The SMILES string of the molecule is Cc1ccc(-c2ccc(CN[C@H](C)C(=O)O)s2)cc1. The normalized spacial score (nSPS) is 12.3. The predicted molar refractivity (Wildman–Crippen MR) is 78.4 cm³/mol. The zero-order chi connectivity index (χ0) is 13.8. The van der Waals surface area contributed by atoms with Crippen LogP contribution in [0.5, 0.6) is 0 Å². The first-order chi connectivity index (χ1) is 9.06. The van der Waals surface area contributed by atoms with Crippen LogP contribution in [-0.4, -0.2) is 17.1 Å². The third-order valence-electron chi connectivity index (χ3n) is 2.95. The van der Waals surface area contributed by atoms with Crippen molar-refractivity contribution in [1.82, 2.24) is 5.32 Å². The molecule has 0 aliphatic heterocycles. The second-order valence-electron chi connectivity index (χ2n) is 4.57. The summed E-state index contributed by atoms with van der Waals surface area (Å²) < 4.78 is 0. The Morgan fingerprint density at radius 3 is 2.58 bits per heavy atom. The summed E-state index contributed by atoms with van der Waals surface area (Å²) in [5.41, 5.74) is 2.45. The van der Waals surface area contributed by atoms with Crippen molar-refractivity contribution >= 4 is 17.3 Å². The van der Waals surface area contributed by atoms with Gasteiger partial charge in [0.2, 0.25) is 0 Å². The van der Waals surface area contributed by atoms with E-state index < -0.39 is 12.0 Å². The van der Waals surface area contributed by atoms with Crippen molar-refractivity contribution < 1.29 is 9.90 Å². The van der Waals surface area contributed by atoms with Gasteiger partial charge >= 0.3 is 5.97 Å². The number of hydrogen-bond donors (Lipinski definition) is 2. The van der Waals surface area contributed by atoms with E-state index in [2.05, 4.69) is 42.6 Å². The number of hydrogen-bond acceptors (Lipinski definition) is 3. The standard InChI is InChI=1S/C15H17NO2S/c1-10-3-5-12(6-4-10)14-8-7-13(19-14)9-16-11(2)15(17)18/h3-8,11,16H,9H2,1-2H3,(H,17,18)/t11-/m1/s1. The summed E-state index contributed by atoms with van der Waals surface area (Å²) >= 11 is 1.69. The van der Waals surface area contributed by atoms with Gasteiger partial charge in [0, 0.05) is 16.3 Å². The first-order valence-corrected chi connectivity index (χ1v) is 7.00. The van der Waals surface area contributed by atoms with Crippen molar-refractivity contribution in [3.63, 3.8) is 0 Å². The molecule has 1 atom stereocenters. The van der Waals surface area contributed by atoms with Gasteiger partial charge in [0.1, 0.15) is 6.04 Å². The molecule has 0 fully saturated rings.